The molecular weight excluding hydrogens is 448 g/mol. The molecule has 0 aliphatic carbocycles. The Bertz CT molecular complexity index is 1280. The van der Waals surface area contributed by atoms with Crippen molar-refractivity contribution in [2.24, 2.45) is 0 Å². The molecule has 0 saturated heterocycles. The van der Waals surface area contributed by atoms with Crippen LogP contribution in [0.2, 0.25) is 0 Å². The lowest BCUT2D eigenvalue weighted by Gasteiger charge is -2.16. The lowest BCUT2D eigenvalue weighted by Crippen LogP contribution is -2.18. The van der Waals surface area contributed by atoms with Gasteiger partial charge in [-0.1, -0.05) is 25.1 Å². The number of aliphatic hydroxyl groups excluding tert-OH is 1. The van der Waals surface area contributed by atoms with Gasteiger partial charge in [0.2, 0.25) is 0 Å². The average molecular weight is 477 g/mol. The number of hydrogen-bond donors (Lipinski definition) is 3. The molecule has 0 bridgehead atoms. The lowest BCUT2D eigenvalue weighted by molar-refractivity contribution is 0.0964. The van der Waals surface area contributed by atoms with E-state index in [1.54, 1.807) is 38.5 Å². The minimum absolute atomic E-state index is 0. The van der Waals surface area contributed by atoms with Gasteiger partial charge in [-0.3, -0.25) is 14.8 Å². The summed E-state index contributed by atoms with van der Waals surface area (Å²) >= 11 is 0. The third-order valence-electron chi connectivity index (χ3n) is 5.57. The van der Waals surface area contributed by atoms with Gasteiger partial charge in [-0.05, 0) is 30.7 Å². The Hall–Kier alpha value is -3.56. The number of amides is 1. The van der Waals surface area contributed by atoms with E-state index in [1.165, 1.54) is 6.33 Å². The molecule has 3 N–H and O–H groups in total. The van der Waals surface area contributed by atoms with Crippen LogP contribution in [0.1, 0.15) is 47.5 Å². The molecule has 4 rings (SSSR count). The SMILES string of the molecule is CNC(=O)c1ccnc2c([C@H](C)CNc3cc(-c4ccc(C(C)O)nc4)ncn3)cccc12.S. The van der Waals surface area contributed by atoms with Crippen molar-refractivity contribution < 1.29 is 9.90 Å². The van der Waals surface area contributed by atoms with Crippen LogP contribution in [-0.4, -0.2) is 44.5 Å². The first-order valence-electron chi connectivity index (χ1n) is 10.8. The number of fused-ring (bicyclic) bond motifs is 1. The maximum atomic E-state index is 12.2. The minimum Gasteiger partial charge on any atom is -0.387 e. The summed E-state index contributed by atoms with van der Waals surface area (Å²) < 4.78 is 0. The normalized spacial score (nSPS) is 12.5. The number of nitrogens with zero attached hydrogens (tertiary/aromatic N) is 4. The number of carbonyl (C=O) groups excluding carboxylic acids is 1. The number of pyridine rings is 2. The van der Waals surface area contributed by atoms with Crippen molar-refractivity contribution in [2.75, 3.05) is 18.9 Å². The Morgan fingerprint density at radius 1 is 1.06 bits per heavy atom. The number of benzene rings is 1. The third kappa shape index (κ3) is 5.32. The smallest absolute Gasteiger partial charge is 0.251 e. The summed E-state index contributed by atoms with van der Waals surface area (Å²) in [6, 6.07) is 13.2. The number of anilines is 1. The summed E-state index contributed by atoms with van der Waals surface area (Å²) in [6.07, 6.45) is 4.27. The van der Waals surface area contributed by atoms with Crippen molar-refractivity contribution in [3.8, 4) is 11.3 Å². The fourth-order valence-corrected chi connectivity index (χ4v) is 3.71. The highest BCUT2D eigenvalue weighted by Crippen LogP contribution is 2.27. The fraction of sp³-hybridized carbons (Fsp3) is 0.240. The van der Waals surface area contributed by atoms with Gasteiger partial charge in [0.15, 0.2) is 0 Å². The molecule has 2 atom stereocenters. The first-order valence-corrected chi connectivity index (χ1v) is 10.8. The Balaban J connectivity index is 0.00000324. The van der Waals surface area contributed by atoms with E-state index in [9.17, 15) is 9.90 Å². The molecule has 4 aromatic rings. The number of para-hydroxylation sites is 1. The number of hydrogen-bond acceptors (Lipinski definition) is 7. The standard InChI is InChI=1S/C25H26N6O2.H2S/c1-15(18-5-4-6-19-20(25(33)26-3)9-10-27-24(18)19)12-29-23-11-22(30-14-31-23)17-7-8-21(16(2)32)28-13-17;/h4-11,13-16,32H,12H2,1-3H3,(H,26,33)(H,29,30,31);1H2/t15-,16?;/m1./s1. The summed E-state index contributed by atoms with van der Waals surface area (Å²) in [6.45, 7) is 4.41. The van der Waals surface area contributed by atoms with Crippen LogP contribution in [0.5, 0.6) is 0 Å². The summed E-state index contributed by atoms with van der Waals surface area (Å²) in [5, 5.41) is 16.5. The summed E-state index contributed by atoms with van der Waals surface area (Å²) in [5.41, 5.74) is 4.69. The van der Waals surface area contributed by atoms with E-state index >= 15 is 0 Å². The van der Waals surface area contributed by atoms with E-state index in [0.29, 0.717) is 23.6 Å². The van der Waals surface area contributed by atoms with Crippen molar-refractivity contribution >= 4 is 36.1 Å². The van der Waals surface area contributed by atoms with Crippen LogP contribution in [0, 0.1) is 0 Å². The van der Waals surface area contributed by atoms with Gasteiger partial charge in [-0.15, -0.1) is 0 Å². The van der Waals surface area contributed by atoms with Crippen molar-refractivity contribution in [3.63, 3.8) is 0 Å². The maximum absolute atomic E-state index is 12.2. The van der Waals surface area contributed by atoms with Gasteiger partial charge in [0, 0.05) is 48.9 Å². The molecule has 0 radical (unpaired) electrons. The Morgan fingerprint density at radius 3 is 2.59 bits per heavy atom. The topological polar surface area (TPSA) is 113 Å². The van der Waals surface area contributed by atoms with E-state index < -0.39 is 6.10 Å². The quantitative estimate of drug-likeness (QED) is 0.372. The number of carbonyl (C=O) groups is 1. The van der Waals surface area contributed by atoms with Crippen LogP contribution in [0.3, 0.4) is 0 Å². The first kappa shape index (κ1) is 25.1. The maximum Gasteiger partial charge on any atom is 0.251 e. The van der Waals surface area contributed by atoms with Crippen LogP contribution in [0.4, 0.5) is 5.82 Å². The number of aliphatic hydroxyl groups is 1. The van der Waals surface area contributed by atoms with Crippen molar-refractivity contribution in [1.82, 2.24) is 25.3 Å². The van der Waals surface area contributed by atoms with Crippen molar-refractivity contribution in [3.05, 3.63) is 78.0 Å². The predicted molar refractivity (Wildman–Crippen MR) is 138 cm³/mol. The minimum atomic E-state index is -0.612. The first-order chi connectivity index (χ1) is 16.0. The zero-order valence-electron chi connectivity index (χ0n) is 19.3. The lowest BCUT2D eigenvalue weighted by atomic mass is 9.96. The molecule has 0 aliphatic heterocycles. The second kappa shape index (κ2) is 11.0. The Morgan fingerprint density at radius 2 is 1.88 bits per heavy atom. The molecular formula is C25H28N6O2S. The van der Waals surface area contributed by atoms with Crippen LogP contribution < -0.4 is 10.6 Å². The Labute approximate surface area is 205 Å². The molecule has 3 heterocycles. The highest BCUT2D eigenvalue weighted by molar-refractivity contribution is 7.59. The van der Waals surface area contributed by atoms with E-state index in [1.807, 2.05) is 30.3 Å². The molecule has 8 nitrogen and oxygen atoms in total. The molecule has 34 heavy (non-hydrogen) atoms. The van der Waals surface area contributed by atoms with Gasteiger partial charge >= 0.3 is 0 Å². The molecule has 1 unspecified atom stereocenters. The highest BCUT2D eigenvalue weighted by Gasteiger charge is 2.15. The predicted octanol–water partition coefficient (Wildman–Crippen LogP) is 3.83. The number of aromatic nitrogens is 4. The number of rotatable bonds is 7. The van der Waals surface area contributed by atoms with E-state index in [0.717, 1.165) is 27.7 Å². The zero-order chi connectivity index (χ0) is 23.4. The molecule has 3 aromatic heterocycles. The molecule has 0 aliphatic rings. The van der Waals surface area contributed by atoms with Crippen LogP contribution in [0.25, 0.3) is 22.2 Å². The zero-order valence-corrected chi connectivity index (χ0v) is 20.3. The second-order valence-corrected chi connectivity index (χ2v) is 7.90. The van der Waals surface area contributed by atoms with Gasteiger partial charge < -0.3 is 15.7 Å². The molecule has 9 heteroatoms. The second-order valence-electron chi connectivity index (χ2n) is 7.90. The van der Waals surface area contributed by atoms with E-state index in [2.05, 4.69) is 37.5 Å². The van der Waals surface area contributed by atoms with Crippen LogP contribution >= 0.6 is 13.5 Å². The van der Waals surface area contributed by atoms with Gasteiger partial charge in [0.05, 0.1) is 28.6 Å². The summed E-state index contributed by atoms with van der Waals surface area (Å²) in [4.78, 5) is 29.8. The molecule has 1 aromatic carbocycles. The van der Waals surface area contributed by atoms with Crippen LogP contribution in [-0.2, 0) is 0 Å². The van der Waals surface area contributed by atoms with Crippen molar-refractivity contribution in [2.45, 2.75) is 25.9 Å². The Kier molecular flexibility index (Phi) is 8.14. The van der Waals surface area contributed by atoms with Gasteiger partial charge in [0.25, 0.3) is 5.91 Å². The molecule has 0 fully saturated rings. The molecule has 176 valence electrons. The average Bonchev–Trinajstić information content (AvgIpc) is 2.86. The molecule has 1 amide bonds. The van der Waals surface area contributed by atoms with E-state index in [-0.39, 0.29) is 25.3 Å². The highest BCUT2D eigenvalue weighted by atomic mass is 32.1. The monoisotopic (exact) mass is 476 g/mol. The molecule has 0 saturated carbocycles. The summed E-state index contributed by atoms with van der Waals surface area (Å²) in [5.74, 6) is 0.687. The van der Waals surface area contributed by atoms with Gasteiger partial charge in [0.1, 0.15) is 12.1 Å². The summed E-state index contributed by atoms with van der Waals surface area (Å²) in [7, 11) is 1.62. The molecule has 0 spiro atoms. The van der Waals surface area contributed by atoms with Crippen LogP contribution in [0.15, 0.2) is 61.2 Å². The number of nitrogens with one attached hydrogen (secondary N) is 2. The van der Waals surface area contributed by atoms with Crippen molar-refractivity contribution in [1.29, 1.82) is 0 Å². The largest absolute Gasteiger partial charge is 0.387 e. The third-order valence-corrected chi connectivity index (χ3v) is 5.57. The van der Waals surface area contributed by atoms with Gasteiger partial charge in [-0.25, -0.2) is 9.97 Å². The van der Waals surface area contributed by atoms with Gasteiger partial charge in [-0.2, -0.15) is 13.5 Å². The fourth-order valence-electron chi connectivity index (χ4n) is 3.71. The van der Waals surface area contributed by atoms with E-state index in [4.69, 9.17) is 0 Å².